The molecule has 96 valence electrons. The van der Waals surface area contributed by atoms with Gasteiger partial charge in [0, 0.05) is 12.1 Å². The molecule has 0 fully saturated rings. The van der Waals surface area contributed by atoms with Crippen LogP contribution in [-0.4, -0.2) is 18.0 Å². The first-order valence-electron chi connectivity index (χ1n) is 5.83. The van der Waals surface area contributed by atoms with Crippen molar-refractivity contribution in [2.45, 2.75) is 39.7 Å². The number of nitrogens with one attached hydrogen (secondary N) is 1. The second-order valence-electron chi connectivity index (χ2n) is 5.48. The van der Waals surface area contributed by atoms with Crippen LogP contribution >= 0.6 is 11.3 Å². The SMILES string of the molecule is CC(C)(N)C(C)(C)C(=O)NCCc1ccsc1. The van der Waals surface area contributed by atoms with Gasteiger partial charge in [0.15, 0.2) is 0 Å². The average molecular weight is 254 g/mol. The van der Waals surface area contributed by atoms with Crippen LogP contribution in [-0.2, 0) is 11.2 Å². The smallest absolute Gasteiger partial charge is 0.227 e. The topological polar surface area (TPSA) is 55.1 Å². The maximum atomic E-state index is 12.1. The van der Waals surface area contributed by atoms with Gasteiger partial charge in [-0.05, 0) is 56.5 Å². The lowest BCUT2D eigenvalue weighted by molar-refractivity contribution is -0.132. The van der Waals surface area contributed by atoms with Crippen molar-refractivity contribution >= 4 is 17.2 Å². The lowest BCUT2D eigenvalue weighted by Crippen LogP contribution is -2.55. The summed E-state index contributed by atoms with van der Waals surface area (Å²) in [6.45, 7) is 8.19. The first kappa shape index (κ1) is 14.2. The van der Waals surface area contributed by atoms with Gasteiger partial charge in [0.05, 0.1) is 5.41 Å². The second-order valence-corrected chi connectivity index (χ2v) is 6.26. The van der Waals surface area contributed by atoms with Gasteiger partial charge in [-0.3, -0.25) is 4.79 Å². The van der Waals surface area contributed by atoms with Gasteiger partial charge in [-0.2, -0.15) is 11.3 Å². The van der Waals surface area contributed by atoms with Crippen molar-refractivity contribution in [2.24, 2.45) is 11.1 Å². The Kier molecular flexibility index (Phi) is 4.33. The zero-order chi connectivity index (χ0) is 13.1. The number of rotatable bonds is 5. The highest BCUT2D eigenvalue weighted by atomic mass is 32.1. The molecule has 0 aliphatic carbocycles. The van der Waals surface area contributed by atoms with Gasteiger partial charge >= 0.3 is 0 Å². The van der Waals surface area contributed by atoms with Crippen LogP contribution in [0.15, 0.2) is 16.8 Å². The number of carbonyl (C=O) groups excluding carboxylic acids is 1. The summed E-state index contributed by atoms with van der Waals surface area (Å²) in [5.74, 6) is 0.0141. The molecule has 0 unspecified atom stereocenters. The normalized spacial score (nSPS) is 12.5. The summed E-state index contributed by atoms with van der Waals surface area (Å²) in [7, 11) is 0. The van der Waals surface area contributed by atoms with E-state index in [0.717, 1.165) is 6.42 Å². The molecule has 0 aromatic carbocycles. The Labute approximate surface area is 107 Å². The number of carbonyl (C=O) groups is 1. The molecule has 0 aliphatic heterocycles. The molecular weight excluding hydrogens is 232 g/mol. The number of hydrogen-bond donors (Lipinski definition) is 2. The van der Waals surface area contributed by atoms with E-state index in [1.165, 1.54) is 5.56 Å². The maximum Gasteiger partial charge on any atom is 0.227 e. The molecule has 0 spiro atoms. The summed E-state index contributed by atoms with van der Waals surface area (Å²) < 4.78 is 0. The van der Waals surface area contributed by atoms with E-state index in [4.69, 9.17) is 5.73 Å². The van der Waals surface area contributed by atoms with Crippen molar-refractivity contribution in [1.82, 2.24) is 5.32 Å². The van der Waals surface area contributed by atoms with Crippen LogP contribution in [0.1, 0.15) is 33.3 Å². The molecule has 1 rings (SSSR count). The minimum Gasteiger partial charge on any atom is -0.355 e. The molecule has 0 radical (unpaired) electrons. The standard InChI is InChI=1S/C13H22N2OS/c1-12(2,13(3,4)14)11(16)15-7-5-10-6-8-17-9-10/h6,8-9H,5,7,14H2,1-4H3,(H,15,16). The predicted molar refractivity (Wildman–Crippen MR) is 73.1 cm³/mol. The van der Waals surface area contributed by atoms with Crippen molar-refractivity contribution in [2.75, 3.05) is 6.54 Å². The van der Waals surface area contributed by atoms with Crippen LogP contribution in [0, 0.1) is 5.41 Å². The van der Waals surface area contributed by atoms with E-state index in [1.807, 2.05) is 33.1 Å². The molecule has 0 atom stereocenters. The van der Waals surface area contributed by atoms with E-state index in [1.54, 1.807) is 11.3 Å². The Morgan fingerprint density at radius 3 is 2.53 bits per heavy atom. The van der Waals surface area contributed by atoms with Gasteiger partial charge < -0.3 is 11.1 Å². The summed E-state index contributed by atoms with van der Waals surface area (Å²) in [6, 6.07) is 2.08. The molecule has 17 heavy (non-hydrogen) atoms. The van der Waals surface area contributed by atoms with Gasteiger partial charge in [0.1, 0.15) is 0 Å². The fraction of sp³-hybridized carbons (Fsp3) is 0.615. The zero-order valence-electron chi connectivity index (χ0n) is 11.0. The quantitative estimate of drug-likeness (QED) is 0.846. The third-order valence-electron chi connectivity index (χ3n) is 3.46. The van der Waals surface area contributed by atoms with Crippen molar-refractivity contribution < 1.29 is 4.79 Å². The highest BCUT2D eigenvalue weighted by Gasteiger charge is 2.40. The van der Waals surface area contributed by atoms with E-state index in [-0.39, 0.29) is 5.91 Å². The Hall–Kier alpha value is -0.870. The molecule has 1 aromatic heterocycles. The highest BCUT2D eigenvalue weighted by Crippen LogP contribution is 2.28. The molecule has 3 N–H and O–H groups in total. The van der Waals surface area contributed by atoms with E-state index in [0.29, 0.717) is 6.54 Å². The van der Waals surface area contributed by atoms with E-state index >= 15 is 0 Å². The Morgan fingerprint density at radius 1 is 1.41 bits per heavy atom. The number of hydrogen-bond acceptors (Lipinski definition) is 3. The highest BCUT2D eigenvalue weighted by molar-refractivity contribution is 7.07. The molecule has 1 aromatic rings. The fourth-order valence-corrected chi connectivity index (χ4v) is 1.97. The van der Waals surface area contributed by atoms with E-state index < -0.39 is 11.0 Å². The minimum atomic E-state index is -0.568. The molecule has 0 saturated carbocycles. The van der Waals surface area contributed by atoms with Crippen molar-refractivity contribution in [3.63, 3.8) is 0 Å². The molecule has 0 bridgehead atoms. The van der Waals surface area contributed by atoms with Crippen molar-refractivity contribution in [3.8, 4) is 0 Å². The molecule has 3 nitrogen and oxygen atoms in total. The number of thiophene rings is 1. The summed E-state index contributed by atoms with van der Waals surface area (Å²) >= 11 is 1.68. The number of nitrogens with two attached hydrogens (primary N) is 1. The van der Waals surface area contributed by atoms with Crippen LogP contribution in [0.25, 0.3) is 0 Å². The number of amides is 1. The van der Waals surface area contributed by atoms with Crippen LogP contribution < -0.4 is 11.1 Å². The van der Waals surface area contributed by atoms with E-state index in [2.05, 4.69) is 16.8 Å². The molecular formula is C13H22N2OS. The van der Waals surface area contributed by atoms with Crippen LogP contribution in [0.4, 0.5) is 0 Å². The van der Waals surface area contributed by atoms with Gasteiger partial charge in [-0.25, -0.2) is 0 Å². The van der Waals surface area contributed by atoms with Crippen LogP contribution in [0.3, 0.4) is 0 Å². The molecule has 0 saturated heterocycles. The Bertz CT molecular complexity index is 363. The molecule has 0 aliphatic rings. The third-order valence-corrected chi connectivity index (χ3v) is 4.19. The fourth-order valence-electron chi connectivity index (χ4n) is 1.27. The predicted octanol–water partition coefficient (Wildman–Crippen LogP) is 2.17. The van der Waals surface area contributed by atoms with Crippen molar-refractivity contribution in [1.29, 1.82) is 0 Å². The summed E-state index contributed by atoms with van der Waals surface area (Å²) in [5.41, 5.74) is 6.19. The lowest BCUT2D eigenvalue weighted by atomic mass is 9.74. The molecule has 4 heteroatoms. The monoisotopic (exact) mass is 254 g/mol. The Morgan fingerprint density at radius 2 is 2.06 bits per heavy atom. The molecule has 1 heterocycles. The summed E-state index contributed by atoms with van der Waals surface area (Å²) in [6.07, 6.45) is 0.871. The van der Waals surface area contributed by atoms with Gasteiger partial charge in [0.2, 0.25) is 5.91 Å². The Balaban J connectivity index is 2.45. The lowest BCUT2D eigenvalue weighted by Gasteiger charge is -2.36. The third kappa shape index (κ3) is 3.54. The average Bonchev–Trinajstić information content (AvgIpc) is 2.68. The van der Waals surface area contributed by atoms with Gasteiger partial charge in [-0.1, -0.05) is 0 Å². The zero-order valence-corrected chi connectivity index (χ0v) is 11.9. The first-order chi connectivity index (χ1) is 7.75. The summed E-state index contributed by atoms with van der Waals surface area (Å²) in [5, 5.41) is 7.10. The largest absolute Gasteiger partial charge is 0.355 e. The maximum absolute atomic E-state index is 12.1. The van der Waals surface area contributed by atoms with Gasteiger partial charge in [0.25, 0.3) is 0 Å². The molecule has 1 amide bonds. The second kappa shape index (κ2) is 5.19. The summed E-state index contributed by atoms with van der Waals surface area (Å²) in [4.78, 5) is 12.1. The van der Waals surface area contributed by atoms with Gasteiger partial charge in [-0.15, -0.1) is 0 Å². The van der Waals surface area contributed by atoms with Crippen LogP contribution in [0.5, 0.6) is 0 Å². The van der Waals surface area contributed by atoms with Crippen LogP contribution in [0.2, 0.25) is 0 Å². The minimum absolute atomic E-state index is 0.0141. The van der Waals surface area contributed by atoms with E-state index in [9.17, 15) is 4.79 Å². The first-order valence-corrected chi connectivity index (χ1v) is 6.77. The van der Waals surface area contributed by atoms with Crippen molar-refractivity contribution in [3.05, 3.63) is 22.4 Å².